The fourth-order valence-corrected chi connectivity index (χ4v) is 7.14. The fraction of sp³-hybridized carbons (Fsp3) is 0.889. The topological polar surface area (TPSA) is 55.4 Å². The Morgan fingerprint density at radius 1 is 1.22 bits per heavy atom. The quantitative estimate of drug-likeness (QED) is 0.585. The summed E-state index contributed by atoms with van der Waals surface area (Å²) in [4.78, 5) is 24.7. The summed E-state index contributed by atoms with van der Waals surface area (Å²) in [5.41, 5.74) is -0.337. The van der Waals surface area contributed by atoms with Crippen LogP contribution < -0.4 is 5.32 Å². The largest absolute Gasteiger partial charge is 0.455 e. The second-order valence-corrected chi connectivity index (χ2v) is 10.3. The Hall–Kier alpha value is -0.580. The van der Waals surface area contributed by atoms with Crippen LogP contribution in [-0.4, -0.2) is 28.8 Å². The summed E-state index contributed by atoms with van der Waals surface area (Å²) >= 11 is 3.91. The maximum Gasteiger partial charge on any atom is 0.312 e. The van der Waals surface area contributed by atoms with Crippen LogP contribution in [0.25, 0.3) is 0 Å². The van der Waals surface area contributed by atoms with Crippen molar-refractivity contribution in [1.29, 1.82) is 0 Å². The van der Waals surface area contributed by atoms with E-state index in [9.17, 15) is 9.59 Å². The summed E-state index contributed by atoms with van der Waals surface area (Å²) in [5.74, 6) is 1.62. The van der Waals surface area contributed by atoms with Crippen molar-refractivity contribution < 1.29 is 14.3 Å². The molecule has 0 aliphatic heterocycles. The highest BCUT2D eigenvalue weighted by Crippen LogP contribution is 2.64. The maximum absolute atomic E-state index is 12.8. The number of nitrogens with one attached hydrogen (secondary N) is 1. The third-order valence-corrected chi connectivity index (χ3v) is 7.40. The lowest BCUT2D eigenvalue weighted by Gasteiger charge is -2.58. The normalized spacial score (nSPS) is 42.3. The van der Waals surface area contributed by atoms with Gasteiger partial charge in [-0.25, -0.2) is 0 Å². The van der Waals surface area contributed by atoms with E-state index in [-0.39, 0.29) is 34.3 Å². The first-order valence-corrected chi connectivity index (χ1v) is 9.82. The first kappa shape index (κ1) is 15.9. The molecule has 3 atom stereocenters. The van der Waals surface area contributed by atoms with Gasteiger partial charge in [-0.15, -0.1) is 0 Å². The van der Waals surface area contributed by atoms with E-state index in [4.69, 9.17) is 4.74 Å². The molecule has 4 nitrogen and oxygen atoms in total. The van der Waals surface area contributed by atoms with Crippen LogP contribution in [0, 0.1) is 23.2 Å². The second kappa shape index (κ2) is 5.47. The molecule has 3 unspecified atom stereocenters. The zero-order valence-corrected chi connectivity index (χ0v) is 15.4. The monoisotopic (exact) mass is 383 g/mol. The lowest BCUT2D eigenvalue weighted by Crippen LogP contribution is -2.56. The Kier molecular flexibility index (Phi) is 3.78. The van der Waals surface area contributed by atoms with Gasteiger partial charge in [-0.3, -0.25) is 9.59 Å². The summed E-state index contributed by atoms with van der Waals surface area (Å²) in [6.45, 7) is 1.91. The molecular weight excluding hydrogens is 358 g/mol. The van der Waals surface area contributed by atoms with Crippen LogP contribution in [0.2, 0.25) is 0 Å². The molecule has 1 amide bonds. The summed E-state index contributed by atoms with van der Waals surface area (Å²) in [6.07, 6.45) is 8.83. The Morgan fingerprint density at radius 3 is 2.43 bits per heavy atom. The highest BCUT2D eigenvalue weighted by molar-refractivity contribution is 9.10. The number of hydrogen-bond acceptors (Lipinski definition) is 3. The molecule has 0 radical (unpaired) electrons. The lowest BCUT2D eigenvalue weighted by atomic mass is 9.49. The van der Waals surface area contributed by atoms with Crippen molar-refractivity contribution in [2.24, 2.45) is 23.2 Å². The van der Waals surface area contributed by atoms with Crippen LogP contribution >= 0.6 is 15.9 Å². The number of hydrogen-bond donors (Lipinski definition) is 1. The zero-order chi connectivity index (χ0) is 16.2. The molecule has 0 heterocycles. The predicted molar refractivity (Wildman–Crippen MR) is 90.1 cm³/mol. The van der Waals surface area contributed by atoms with Gasteiger partial charge in [-0.2, -0.15) is 0 Å². The average Bonchev–Trinajstić information content (AvgIpc) is 3.26. The minimum atomic E-state index is -0.337. The molecule has 23 heavy (non-hydrogen) atoms. The van der Waals surface area contributed by atoms with E-state index < -0.39 is 0 Å². The summed E-state index contributed by atoms with van der Waals surface area (Å²) in [5, 5.41) is 2.95. The molecule has 5 fully saturated rings. The summed E-state index contributed by atoms with van der Waals surface area (Å²) in [6, 6.07) is 0.201. The number of carbonyl (C=O) groups is 2. The minimum absolute atomic E-state index is 0.123. The maximum atomic E-state index is 12.8. The molecule has 128 valence electrons. The molecule has 5 aliphatic carbocycles. The zero-order valence-electron chi connectivity index (χ0n) is 13.8. The van der Waals surface area contributed by atoms with Crippen molar-refractivity contribution >= 4 is 27.8 Å². The van der Waals surface area contributed by atoms with Crippen molar-refractivity contribution in [3.05, 3.63) is 0 Å². The molecule has 5 saturated carbocycles. The standard InChI is InChI=1S/C18H26BrNO3/c1-11(14-2-3-14)20-15(21)9-23-16(22)17-5-12-4-13(6-17)8-18(19,7-12)10-17/h11-14H,2-10H2,1H3,(H,20,21). The van der Waals surface area contributed by atoms with E-state index in [0.717, 1.165) is 19.3 Å². The molecule has 0 aromatic rings. The van der Waals surface area contributed by atoms with Crippen LogP contribution in [-0.2, 0) is 14.3 Å². The van der Waals surface area contributed by atoms with Crippen molar-refractivity contribution in [2.75, 3.05) is 6.61 Å². The highest BCUT2D eigenvalue weighted by Gasteiger charge is 2.60. The Bertz CT molecular complexity index is 516. The molecule has 5 aliphatic rings. The van der Waals surface area contributed by atoms with Crippen molar-refractivity contribution in [3.63, 3.8) is 0 Å². The lowest BCUT2D eigenvalue weighted by molar-refractivity contribution is -0.171. The number of ether oxygens (including phenoxy) is 1. The number of amides is 1. The van der Waals surface area contributed by atoms with E-state index in [1.807, 2.05) is 6.92 Å². The van der Waals surface area contributed by atoms with Gasteiger partial charge in [0.05, 0.1) is 5.41 Å². The van der Waals surface area contributed by atoms with Gasteiger partial charge >= 0.3 is 5.97 Å². The molecule has 0 saturated heterocycles. The van der Waals surface area contributed by atoms with Gasteiger partial charge in [0, 0.05) is 10.4 Å². The number of alkyl halides is 1. The molecule has 5 heteroatoms. The SMILES string of the molecule is CC(NC(=O)COC(=O)C12CC3CC(CC(Br)(C3)C1)C2)C1CC1. The molecule has 0 spiro atoms. The Morgan fingerprint density at radius 2 is 1.87 bits per heavy atom. The van der Waals surface area contributed by atoms with E-state index in [1.54, 1.807) is 0 Å². The van der Waals surface area contributed by atoms with Crippen LogP contribution in [0.3, 0.4) is 0 Å². The van der Waals surface area contributed by atoms with E-state index >= 15 is 0 Å². The van der Waals surface area contributed by atoms with Crippen molar-refractivity contribution in [1.82, 2.24) is 5.32 Å². The number of halogens is 1. The third kappa shape index (κ3) is 3.06. The molecule has 0 aromatic carbocycles. The van der Waals surface area contributed by atoms with Gasteiger partial charge in [0.1, 0.15) is 0 Å². The summed E-state index contributed by atoms with van der Waals surface area (Å²) in [7, 11) is 0. The Balaban J connectivity index is 1.34. The summed E-state index contributed by atoms with van der Waals surface area (Å²) < 4.78 is 5.60. The van der Waals surface area contributed by atoms with Gasteiger partial charge in [-0.1, -0.05) is 15.9 Å². The van der Waals surface area contributed by atoms with Crippen molar-refractivity contribution in [2.45, 2.75) is 68.7 Å². The smallest absolute Gasteiger partial charge is 0.312 e. The predicted octanol–water partition coefficient (Wildman–Crippen LogP) is 3.18. The van der Waals surface area contributed by atoms with Gasteiger partial charge in [0.2, 0.25) is 0 Å². The van der Waals surface area contributed by atoms with Crippen LogP contribution in [0.4, 0.5) is 0 Å². The molecule has 4 bridgehead atoms. The molecule has 0 aromatic heterocycles. The van der Waals surface area contributed by atoms with Crippen LogP contribution in [0.15, 0.2) is 0 Å². The van der Waals surface area contributed by atoms with E-state index in [1.165, 1.54) is 32.1 Å². The molecule has 5 rings (SSSR count). The van der Waals surface area contributed by atoms with E-state index in [2.05, 4.69) is 21.2 Å². The first-order valence-electron chi connectivity index (χ1n) is 9.03. The van der Waals surface area contributed by atoms with E-state index in [0.29, 0.717) is 17.8 Å². The third-order valence-electron chi connectivity index (χ3n) is 6.47. The first-order chi connectivity index (χ1) is 10.9. The number of carbonyl (C=O) groups excluding carboxylic acids is 2. The Labute approximate surface area is 146 Å². The van der Waals surface area contributed by atoms with Gasteiger partial charge in [-0.05, 0) is 76.0 Å². The number of esters is 1. The second-order valence-electron chi connectivity index (χ2n) is 8.66. The molecular formula is C18H26BrNO3. The van der Waals surface area contributed by atoms with Gasteiger partial charge < -0.3 is 10.1 Å². The van der Waals surface area contributed by atoms with Gasteiger partial charge in [0.25, 0.3) is 5.91 Å². The van der Waals surface area contributed by atoms with Crippen LogP contribution in [0.1, 0.15) is 58.3 Å². The molecule has 1 N–H and O–H groups in total. The minimum Gasteiger partial charge on any atom is -0.455 e. The average molecular weight is 384 g/mol. The van der Waals surface area contributed by atoms with Crippen LogP contribution in [0.5, 0.6) is 0 Å². The highest BCUT2D eigenvalue weighted by atomic mass is 79.9. The van der Waals surface area contributed by atoms with Gasteiger partial charge in [0.15, 0.2) is 6.61 Å². The van der Waals surface area contributed by atoms with Crippen molar-refractivity contribution in [3.8, 4) is 0 Å². The number of rotatable bonds is 5. The fourth-order valence-electron chi connectivity index (χ4n) is 5.68.